The number of ether oxygens (including phenoxy) is 1. The van der Waals surface area contributed by atoms with Gasteiger partial charge in [0.2, 0.25) is 11.8 Å². The Labute approximate surface area is 199 Å². The molecule has 1 saturated heterocycles. The summed E-state index contributed by atoms with van der Waals surface area (Å²) in [4.78, 5) is 43.4. The summed E-state index contributed by atoms with van der Waals surface area (Å²) in [6, 6.07) is 1.84. The summed E-state index contributed by atoms with van der Waals surface area (Å²) in [6.07, 6.45) is 10.3. The molecule has 2 aliphatic heterocycles. The Morgan fingerprint density at radius 2 is 1.76 bits per heavy atom. The maximum absolute atomic E-state index is 13.7. The Hall–Kier alpha value is -3.39. The van der Waals surface area contributed by atoms with Crippen molar-refractivity contribution in [1.82, 2.24) is 15.0 Å². The van der Waals surface area contributed by atoms with Crippen molar-refractivity contribution in [3.05, 3.63) is 59.5 Å². The minimum Gasteiger partial charge on any atom is -0.364 e. The Bertz CT molecular complexity index is 1260. The number of carbonyl (C=O) groups is 2. The molecule has 4 heterocycles. The number of hydrogen-bond donors (Lipinski definition) is 0. The van der Waals surface area contributed by atoms with Crippen LogP contribution in [0.5, 0.6) is 0 Å². The average Bonchev–Trinajstić information content (AvgIpc) is 3.12. The van der Waals surface area contributed by atoms with E-state index in [1.165, 1.54) is 0 Å². The summed E-state index contributed by atoms with van der Waals surface area (Å²) in [5.74, 6) is 1.20. The van der Waals surface area contributed by atoms with Crippen LogP contribution in [0.1, 0.15) is 51.1 Å². The van der Waals surface area contributed by atoms with Crippen LogP contribution in [-0.4, -0.2) is 40.6 Å². The van der Waals surface area contributed by atoms with E-state index in [0.29, 0.717) is 11.6 Å². The van der Waals surface area contributed by atoms with Crippen LogP contribution in [0.15, 0.2) is 42.5 Å². The third-order valence-corrected chi connectivity index (χ3v) is 7.33. The van der Waals surface area contributed by atoms with Crippen molar-refractivity contribution in [2.24, 2.45) is 11.3 Å². The summed E-state index contributed by atoms with van der Waals surface area (Å²) >= 11 is 0. The van der Waals surface area contributed by atoms with Crippen LogP contribution in [0.25, 0.3) is 5.57 Å². The zero-order valence-electron chi connectivity index (χ0n) is 20.4. The van der Waals surface area contributed by atoms with E-state index in [1.54, 1.807) is 23.1 Å². The molecule has 2 aromatic heterocycles. The molecule has 3 aliphatic rings. The van der Waals surface area contributed by atoms with Gasteiger partial charge in [0.15, 0.2) is 0 Å². The largest absolute Gasteiger partial charge is 0.364 e. The maximum atomic E-state index is 13.7. The molecule has 5 rings (SSSR count). The first-order valence-electron chi connectivity index (χ1n) is 11.4. The lowest BCUT2D eigenvalue weighted by molar-refractivity contribution is -0.125. The first kappa shape index (κ1) is 22.4. The maximum Gasteiger partial charge on any atom is 0.239 e. The molecule has 2 amide bonds. The van der Waals surface area contributed by atoms with E-state index in [4.69, 9.17) is 4.74 Å². The Kier molecular flexibility index (Phi) is 4.98. The van der Waals surface area contributed by atoms with Gasteiger partial charge in [0.05, 0.1) is 16.5 Å². The summed E-state index contributed by atoms with van der Waals surface area (Å²) in [5.41, 5.74) is 3.07. The summed E-state index contributed by atoms with van der Waals surface area (Å²) in [5, 5.41) is 0. The summed E-state index contributed by atoms with van der Waals surface area (Å²) in [7, 11) is 1.56. The van der Waals surface area contributed by atoms with Crippen molar-refractivity contribution < 1.29 is 14.3 Å². The van der Waals surface area contributed by atoms with E-state index in [0.717, 1.165) is 34.5 Å². The monoisotopic (exact) mass is 459 g/mol. The number of pyridine rings is 1. The number of hydrogen-bond acceptors (Lipinski definition) is 6. The topological polar surface area (TPSA) is 88.5 Å². The second-order valence-corrected chi connectivity index (χ2v) is 10.2. The van der Waals surface area contributed by atoms with Gasteiger partial charge in [-0.15, -0.1) is 0 Å². The fourth-order valence-electron chi connectivity index (χ4n) is 5.18. The molecule has 0 bridgehead atoms. The number of nitrogens with zero attached hydrogens (tertiary/aromatic N) is 5. The minimum atomic E-state index is -0.707. The van der Waals surface area contributed by atoms with Gasteiger partial charge in [-0.05, 0) is 38.8 Å². The van der Waals surface area contributed by atoms with Crippen LogP contribution in [0.4, 0.5) is 11.5 Å². The number of allylic oxidation sites excluding steroid dienone is 4. The lowest BCUT2D eigenvalue weighted by Crippen LogP contribution is -2.37. The molecule has 0 spiro atoms. The molecule has 0 aromatic carbocycles. The summed E-state index contributed by atoms with van der Waals surface area (Å²) in [6.45, 7) is 9.73. The number of carbonyl (C=O) groups excluding carboxylic acids is 2. The molecule has 176 valence electrons. The van der Waals surface area contributed by atoms with Crippen LogP contribution >= 0.6 is 0 Å². The number of aromatic nitrogens is 3. The van der Waals surface area contributed by atoms with Crippen LogP contribution < -0.4 is 9.80 Å². The molecular formula is C26H29N5O3. The molecule has 8 heteroatoms. The van der Waals surface area contributed by atoms with Gasteiger partial charge in [-0.1, -0.05) is 19.9 Å². The van der Waals surface area contributed by atoms with Crippen molar-refractivity contribution in [3.8, 4) is 0 Å². The van der Waals surface area contributed by atoms with Crippen LogP contribution in [0.3, 0.4) is 0 Å². The molecule has 1 atom stereocenters. The van der Waals surface area contributed by atoms with E-state index in [-0.39, 0.29) is 24.5 Å². The van der Waals surface area contributed by atoms with Gasteiger partial charge in [-0.2, -0.15) is 0 Å². The second kappa shape index (κ2) is 7.56. The third kappa shape index (κ3) is 3.12. The number of rotatable bonds is 4. The number of anilines is 2. The third-order valence-electron chi connectivity index (χ3n) is 7.33. The zero-order chi connectivity index (χ0) is 24.4. The average molecular weight is 460 g/mol. The quantitative estimate of drug-likeness (QED) is 0.692. The van der Waals surface area contributed by atoms with Crippen molar-refractivity contribution in [1.29, 1.82) is 0 Å². The van der Waals surface area contributed by atoms with Gasteiger partial charge in [0.25, 0.3) is 0 Å². The molecule has 1 fully saturated rings. The highest BCUT2D eigenvalue weighted by atomic mass is 16.5. The molecule has 0 saturated carbocycles. The fourth-order valence-corrected chi connectivity index (χ4v) is 5.18. The summed E-state index contributed by atoms with van der Waals surface area (Å²) < 4.78 is 5.30. The Morgan fingerprint density at radius 3 is 2.44 bits per heavy atom. The van der Waals surface area contributed by atoms with Crippen LogP contribution in [-0.2, 0) is 19.7 Å². The number of aryl methyl sites for hydroxylation is 1. The molecule has 0 radical (unpaired) electrons. The molecule has 1 unspecified atom stereocenters. The zero-order valence-corrected chi connectivity index (χ0v) is 20.4. The van der Waals surface area contributed by atoms with Gasteiger partial charge in [0.1, 0.15) is 18.4 Å². The highest BCUT2D eigenvalue weighted by molar-refractivity contribution is 6.09. The van der Waals surface area contributed by atoms with Gasteiger partial charge in [0, 0.05) is 54.5 Å². The van der Waals surface area contributed by atoms with Gasteiger partial charge in [-0.25, -0.2) is 15.0 Å². The van der Waals surface area contributed by atoms with Gasteiger partial charge in [-0.3, -0.25) is 19.4 Å². The smallest absolute Gasteiger partial charge is 0.239 e. The molecule has 34 heavy (non-hydrogen) atoms. The molecular weight excluding hydrogens is 430 g/mol. The number of amides is 2. The van der Waals surface area contributed by atoms with Crippen molar-refractivity contribution in [2.45, 2.75) is 46.5 Å². The van der Waals surface area contributed by atoms with E-state index < -0.39 is 10.8 Å². The molecule has 1 aliphatic carbocycles. The van der Waals surface area contributed by atoms with E-state index in [9.17, 15) is 9.59 Å². The lowest BCUT2D eigenvalue weighted by Gasteiger charge is -2.26. The Morgan fingerprint density at radius 1 is 1.06 bits per heavy atom. The van der Waals surface area contributed by atoms with Crippen LogP contribution in [0, 0.1) is 18.3 Å². The van der Waals surface area contributed by atoms with Gasteiger partial charge >= 0.3 is 0 Å². The first-order valence-corrected chi connectivity index (χ1v) is 11.4. The van der Waals surface area contributed by atoms with E-state index in [2.05, 4.69) is 21.0 Å². The standard InChI is InChI=1S/C26H29N5O3/c1-15-27-11-17(12-28-15)16-7-8-18-21(9-16)31(24(33)25(18,2)3)22-10-20-19(13-29-22)26(4,5)23(32)30(20)14-34-6/h7,9-13,18H,8,14H2,1-6H3. The minimum absolute atomic E-state index is 0.00659. The molecule has 0 N–H and O–H groups in total. The first-order chi connectivity index (χ1) is 16.1. The predicted octanol–water partition coefficient (Wildman–Crippen LogP) is 3.77. The molecule has 2 aromatic rings. The second-order valence-electron chi connectivity index (χ2n) is 10.2. The van der Waals surface area contributed by atoms with Crippen molar-refractivity contribution in [3.63, 3.8) is 0 Å². The van der Waals surface area contributed by atoms with Crippen molar-refractivity contribution >= 4 is 28.9 Å². The molecule has 8 nitrogen and oxygen atoms in total. The van der Waals surface area contributed by atoms with Crippen LogP contribution in [0.2, 0.25) is 0 Å². The fraction of sp³-hybridized carbons (Fsp3) is 0.423. The SMILES string of the molecule is COCN1C(=O)C(C)(C)c2cnc(N3C(=O)C(C)(C)C4CC=C(c5cnc(C)nc5)C=C43)cc21. The highest BCUT2D eigenvalue weighted by Gasteiger charge is 2.52. The van der Waals surface area contributed by atoms with Crippen molar-refractivity contribution in [2.75, 3.05) is 23.6 Å². The highest BCUT2D eigenvalue weighted by Crippen LogP contribution is 2.51. The number of fused-ring (bicyclic) bond motifs is 2. The van der Waals surface area contributed by atoms with E-state index in [1.807, 2.05) is 59.2 Å². The Balaban J connectivity index is 1.61. The predicted molar refractivity (Wildman–Crippen MR) is 129 cm³/mol. The van der Waals surface area contributed by atoms with Gasteiger partial charge < -0.3 is 4.74 Å². The van der Waals surface area contributed by atoms with E-state index >= 15 is 0 Å². The normalized spacial score (nSPS) is 22.5. The lowest BCUT2D eigenvalue weighted by atomic mass is 9.75. The number of methoxy groups -OCH3 is 1.